The van der Waals surface area contributed by atoms with Crippen LogP contribution in [0.1, 0.15) is 20.1 Å². The van der Waals surface area contributed by atoms with Gasteiger partial charge in [0.15, 0.2) is 0 Å². The Balaban J connectivity index is 2.02. The molecule has 0 saturated carbocycles. The van der Waals surface area contributed by atoms with E-state index >= 15 is 0 Å². The van der Waals surface area contributed by atoms with E-state index in [2.05, 4.69) is 0 Å². The number of rotatable bonds is 4. The monoisotopic (exact) mass is 266 g/mol. The third-order valence-electron chi connectivity index (χ3n) is 2.40. The van der Waals surface area contributed by atoms with Crippen molar-refractivity contribution in [3.8, 4) is 5.75 Å². The molecule has 0 aliphatic rings. The van der Waals surface area contributed by atoms with Crippen LogP contribution < -0.4 is 4.74 Å². The van der Waals surface area contributed by atoms with E-state index in [1.54, 1.807) is 25.1 Å². The molecule has 0 aliphatic heterocycles. The fourth-order valence-electron chi connectivity index (χ4n) is 1.39. The molecule has 0 fully saturated rings. The van der Waals surface area contributed by atoms with E-state index < -0.39 is 5.97 Å². The maximum absolute atomic E-state index is 13.3. The molecule has 1 heterocycles. The van der Waals surface area contributed by atoms with Gasteiger partial charge in [0.25, 0.3) is 0 Å². The van der Waals surface area contributed by atoms with E-state index in [1.165, 1.54) is 12.1 Å². The fourth-order valence-corrected chi connectivity index (χ4v) is 2.15. The van der Waals surface area contributed by atoms with Crippen LogP contribution in [0.15, 0.2) is 30.3 Å². The maximum Gasteiger partial charge on any atom is 0.345 e. The minimum Gasteiger partial charge on any atom is -0.488 e. The fraction of sp³-hybridized carbons (Fsp3) is 0.154. The minimum atomic E-state index is -0.951. The predicted octanol–water partition coefficient (Wildman–Crippen LogP) is 3.47. The van der Waals surface area contributed by atoms with Crippen LogP contribution in [-0.2, 0) is 6.61 Å². The third kappa shape index (κ3) is 2.87. The highest BCUT2D eigenvalue weighted by Gasteiger charge is 2.07. The van der Waals surface area contributed by atoms with Crippen molar-refractivity contribution in [3.05, 3.63) is 51.5 Å². The van der Waals surface area contributed by atoms with Gasteiger partial charge in [0.05, 0.1) is 0 Å². The van der Waals surface area contributed by atoms with Crippen LogP contribution in [-0.4, -0.2) is 11.1 Å². The number of carboxylic acid groups (broad SMARTS) is 1. The lowest BCUT2D eigenvalue weighted by Gasteiger charge is -2.05. The average molecular weight is 266 g/mol. The van der Waals surface area contributed by atoms with E-state index in [4.69, 9.17) is 9.84 Å². The SMILES string of the molecule is Cc1ccc(OCc2ccc(C(=O)O)s2)cc1F. The molecule has 1 N–H and O–H groups in total. The van der Waals surface area contributed by atoms with Crippen molar-refractivity contribution >= 4 is 17.3 Å². The van der Waals surface area contributed by atoms with E-state index in [0.29, 0.717) is 11.3 Å². The van der Waals surface area contributed by atoms with Gasteiger partial charge in [-0.25, -0.2) is 9.18 Å². The number of benzene rings is 1. The van der Waals surface area contributed by atoms with E-state index in [-0.39, 0.29) is 17.3 Å². The van der Waals surface area contributed by atoms with Crippen molar-refractivity contribution < 1.29 is 19.0 Å². The molecule has 0 saturated heterocycles. The van der Waals surface area contributed by atoms with Gasteiger partial charge < -0.3 is 9.84 Å². The van der Waals surface area contributed by atoms with Crippen molar-refractivity contribution in [1.29, 1.82) is 0 Å². The van der Waals surface area contributed by atoms with Crippen LogP contribution in [0.2, 0.25) is 0 Å². The van der Waals surface area contributed by atoms with Crippen molar-refractivity contribution in [2.75, 3.05) is 0 Å². The van der Waals surface area contributed by atoms with Crippen molar-refractivity contribution in [2.24, 2.45) is 0 Å². The first-order chi connectivity index (χ1) is 8.56. The smallest absolute Gasteiger partial charge is 0.345 e. The molecule has 0 radical (unpaired) electrons. The average Bonchev–Trinajstić information content (AvgIpc) is 2.79. The number of carbonyl (C=O) groups is 1. The minimum absolute atomic E-state index is 0.237. The summed E-state index contributed by atoms with van der Waals surface area (Å²) in [5, 5.41) is 8.77. The number of aromatic carboxylic acids is 1. The second-order valence-electron chi connectivity index (χ2n) is 3.77. The molecule has 2 rings (SSSR count). The molecule has 0 spiro atoms. The van der Waals surface area contributed by atoms with Gasteiger partial charge in [-0.1, -0.05) is 6.07 Å². The van der Waals surface area contributed by atoms with Crippen LogP contribution in [0.4, 0.5) is 4.39 Å². The molecule has 0 unspecified atom stereocenters. The lowest BCUT2D eigenvalue weighted by atomic mass is 10.2. The van der Waals surface area contributed by atoms with E-state index in [9.17, 15) is 9.18 Å². The van der Waals surface area contributed by atoms with Crippen LogP contribution >= 0.6 is 11.3 Å². The Morgan fingerprint density at radius 1 is 1.39 bits per heavy atom. The Bertz CT molecular complexity index is 577. The molecule has 3 nitrogen and oxygen atoms in total. The topological polar surface area (TPSA) is 46.5 Å². The van der Waals surface area contributed by atoms with Crippen LogP contribution in [0.5, 0.6) is 5.75 Å². The van der Waals surface area contributed by atoms with Crippen LogP contribution in [0, 0.1) is 12.7 Å². The Labute approximate surface area is 107 Å². The number of aryl methyl sites for hydroxylation is 1. The Morgan fingerprint density at radius 3 is 2.78 bits per heavy atom. The summed E-state index contributed by atoms with van der Waals surface area (Å²) < 4.78 is 18.7. The zero-order valence-electron chi connectivity index (χ0n) is 9.64. The quantitative estimate of drug-likeness (QED) is 0.921. The van der Waals surface area contributed by atoms with Gasteiger partial charge in [-0.05, 0) is 30.7 Å². The molecular formula is C13H11FO3S. The summed E-state index contributed by atoms with van der Waals surface area (Å²) in [6.45, 7) is 1.91. The number of ether oxygens (including phenoxy) is 1. The third-order valence-corrected chi connectivity index (χ3v) is 3.44. The van der Waals surface area contributed by atoms with E-state index in [0.717, 1.165) is 16.2 Å². The van der Waals surface area contributed by atoms with Gasteiger partial charge in [0.2, 0.25) is 0 Å². The molecule has 2 aromatic rings. The van der Waals surface area contributed by atoms with Crippen LogP contribution in [0.3, 0.4) is 0 Å². The Morgan fingerprint density at radius 2 is 2.17 bits per heavy atom. The van der Waals surface area contributed by atoms with Gasteiger partial charge >= 0.3 is 5.97 Å². The molecule has 18 heavy (non-hydrogen) atoms. The largest absolute Gasteiger partial charge is 0.488 e. The first kappa shape index (κ1) is 12.6. The summed E-state index contributed by atoms with van der Waals surface area (Å²) in [6, 6.07) is 7.87. The summed E-state index contributed by atoms with van der Waals surface area (Å²) in [5.41, 5.74) is 0.562. The summed E-state index contributed by atoms with van der Waals surface area (Å²) in [7, 11) is 0. The molecule has 0 aliphatic carbocycles. The van der Waals surface area contributed by atoms with Gasteiger partial charge in [-0.15, -0.1) is 11.3 Å². The normalized spacial score (nSPS) is 10.3. The molecule has 94 valence electrons. The van der Waals surface area contributed by atoms with E-state index in [1.807, 2.05) is 0 Å². The molecule has 5 heteroatoms. The second kappa shape index (κ2) is 5.18. The van der Waals surface area contributed by atoms with Crippen molar-refractivity contribution in [1.82, 2.24) is 0 Å². The van der Waals surface area contributed by atoms with Gasteiger partial charge in [0, 0.05) is 10.9 Å². The molecule has 0 atom stereocenters. The first-order valence-corrected chi connectivity index (χ1v) is 6.09. The number of halogens is 1. The molecule has 0 bridgehead atoms. The molecule has 1 aromatic carbocycles. The number of thiophene rings is 1. The van der Waals surface area contributed by atoms with Gasteiger partial charge in [0.1, 0.15) is 23.1 Å². The highest BCUT2D eigenvalue weighted by atomic mass is 32.1. The second-order valence-corrected chi connectivity index (χ2v) is 4.94. The van der Waals surface area contributed by atoms with Crippen molar-refractivity contribution in [3.63, 3.8) is 0 Å². The van der Waals surface area contributed by atoms with Gasteiger partial charge in [-0.2, -0.15) is 0 Å². The summed E-state index contributed by atoms with van der Waals surface area (Å²) in [6.07, 6.45) is 0. The first-order valence-electron chi connectivity index (χ1n) is 5.27. The lowest BCUT2D eigenvalue weighted by Crippen LogP contribution is -1.94. The number of carboxylic acids is 1. The molecule has 1 aromatic heterocycles. The molecule has 0 amide bonds. The zero-order valence-corrected chi connectivity index (χ0v) is 10.5. The maximum atomic E-state index is 13.3. The Kier molecular flexibility index (Phi) is 3.62. The highest BCUT2D eigenvalue weighted by Crippen LogP contribution is 2.21. The standard InChI is InChI=1S/C13H11FO3S/c1-8-2-3-9(6-11(8)14)17-7-10-4-5-12(18-10)13(15)16/h2-6H,7H2,1H3,(H,15,16). The summed E-state index contributed by atoms with van der Waals surface area (Å²) in [5.74, 6) is -0.832. The number of hydrogen-bond acceptors (Lipinski definition) is 3. The van der Waals surface area contributed by atoms with Crippen LogP contribution in [0.25, 0.3) is 0 Å². The Hall–Kier alpha value is -1.88. The highest BCUT2D eigenvalue weighted by molar-refractivity contribution is 7.13. The summed E-state index contributed by atoms with van der Waals surface area (Å²) in [4.78, 5) is 11.7. The van der Waals surface area contributed by atoms with Gasteiger partial charge in [-0.3, -0.25) is 0 Å². The number of hydrogen-bond donors (Lipinski definition) is 1. The summed E-state index contributed by atoms with van der Waals surface area (Å²) >= 11 is 1.15. The van der Waals surface area contributed by atoms with Crippen molar-refractivity contribution in [2.45, 2.75) is 13.5 Å². The molecular weight excluding hydrogens is 255 g/mol. The zero-order chi connectivity index (χ0) is 13.1. The lowest BCUT2D eigenvalue weighted by molar-refractivity contribution is 0.0702. The predicted molar refractivity (Wildman–Crippen MR) is 66.7 cm³/mol.